The summed E-state index contributed by atoms with van der Waals surface area (Å²) < 4.78 is 27.4. The van der Waals surface area contributed by atoms with Crippen molar-refractivity contribution in [3.8, 4) is 11.1 Å². The predicted molar refractivity (Wildman–Crippen MR) is 139 cm³/mol. The Morgan fingerprint density at radius 1 is 0.944 bits per heavy atom. The molecule has 3 atom stereocenters. The molecule has 1 amide bonds. The number of halogens is 2. The molecule has 3 aromatic rings. The topological polar surface area (TPSA) is 61.4 Å². The van der Waals surface area contributed by atoms with Crippen molar-refractivity contribution < 1.29 is 18.7 Å². The van der Waals surface area contributed by atoms with E-state index in [9.17, 15) is 18.7 Å². The molecule has 4 nitrogen and oxygen atoms in total. The van der Waals surface area contributed by atoms with Gasteiger partial charge in [-0.2, -0.15) is 0 Å². The third kappa shape index (κ3) is 6.18. The Morgan fingerprint density at radius 2 is 1.64 bits per heavy atom. The molecule has 1 aliphatic rings. The van der Waals surface area contributed by atoms with Gasteiger partial charge in [-0.3, -0.25) is 4.79 Å². The molecule has 3 aromatic carbocycles. The van der Waals surface area contributed by atoms with Crippen LogP contribution in [0.5, 0.6) is 0 Å². The van der Waals surface area contributed by atoms with Crippen molar-refractivity contribution in [1.29, 1.82) is 0 Å². The number of carbonyl (C=O) groups is 1. The highest BCUT2D eigenvalue weighted by molar-refractivity contribution is 5.79. The van der Waals surface area contributed by atoms with Crippen molar-refractivity contribution in [2.45, 2.75) is 58.2 Å². The molecule has 3 N–H and O–H groups in total. The molecule has 0 spiro atoms. The Balaban J connectivity index is 1.54. The highest BCUT2D eigenvalue weighted by Gasteiger charge is 2.30. The highest BCUT2D eigenvalue weighted by atomic mass is 19.1. The molecular weight excluding hydrogens is 458 g/mol. The third-order valence-electron chi connectivity index (χ3n) is 6.76. The van der Waals surface area contributed by atoms with Gasteiger partial charge in [0.15, 0.2) is 0 Å². The molecule has 0 fully saturated rings. The van der Waals surface area contributed by atoms with Gasteiger partial charge in [0.05, 0.1) is 18.2 Å². The second-order valence-electron chi connectivity index (χ2n) is 10.1. The normalized spacial score (nSPS) is 15.9. The largest absolute Gasteiger partial charge is 0.390 e. The summed E-state index contributed by atoms with van der Waals surface area (Å²) in [7, 11) is 0. The number of hydrogen-bond donors (Lipinski definition) is 3. The van der Waals surface area contributed by atoms with Crippen LogP contribution in [0.4, 0.5) is 8.78 Å². The Hall–Kier alpha value is -3.09. The van der Waals surface area contributed by atoms with E-state index in [1.165, 1.54) is 41.3 Å². The fraction of sp³-hybridized carbons (Fsp3) is 0.367. The van der Waals surface area contributed by atoms with Crippen LogP contribution in [-0.2, 0) is 17.6 Å². The fourth-order valence-corrected chi connectivity index (χ4v) is 5.00. The number of fused-ring (bicyclic) bond motifs is 3. The monoisotopic (exact) mass is 492 g/mol. The summed E-state index contributed by atoms with van der Waals surface area (Å²) in [5.41, 5.74) is 6.32. The lowest BCUT2D eigenvalue weighted by atomic mass is 9.97. The summed E-state index contributed by atoms with van der Waals surface area (Å²) in [6.45, 7) is 6.00. The predicted octanol–water partition coefficient (Wildman–Crippen LogP) is 5.32. The van der Waals surface area contributed by atoms with Gasteiger partial charge in [-0.05, 0) is 70.7 Å². The maximum atomic E-state index is 13.7. The number of aryl methyl sites for hydroxylation is 1. The zero-order valence-corrected chi connectivity index (χ0v) is 21.0. The number of amides is 1. The zero-order chi connectivity index (χ0) is 25.8. The second-order valence-corrected chi connectivity index (χ2v) is 10.1. The number of aliphatic hydroxyl groups is 1. The Labute approximate surface area is 211 Å². The molecule has 0 saturated carbocycles. The lowest BCUT2D eigenvalue weighted by molar-refractivity contribution is -0.120. The minimum absolute atomic E-state index is 0.102. The van der Waals surface area contributed by atoms with Crippen LogP contribution in [0.3, 0.4) is 0 Å². The molecule has 1 unspecified atom stereocenters. The second kappa shape index (κ2) is 11.3. The lowest BCUT2D eigenvalue weighted by Crippen LogP contribution is -2.48. The molecule has 4 rings (SSSR count). The van der Waals surface area contributed by atoms with Gasteiger partial charge in [-0.1, -0.05) is 56.3 Å². The Morgan fingerprint density at radius 3 is 2.33 bits per heavy atom. The van der Waals surface area contributed by atoms with Gasteiger partial charge in [0.2, 0.25) is 5.91 Å². The first-order valence-electron chi connectivity index (χ1n) is 12.6. The number of rotatable bonds is 10. The van der Waals surface area contributed by atoms with Crippen molar-refractivity contribution in [2.75, 3.05) is 6.54 Å². The van der Waals surface area contributed by atoms with Gasteiger partial charge in [-0.15, -0.1) is 0 Å². The summed E-state index contributed by atoms with van der Waals surface area (Å²) >= 11 is 0. The van der Waals surface area contributed by atoms with Crippen LogP contribution in [-0.4, -0.2) is 29.7 Å². The van der Waals surface area contributed by atoms with Gasteiger partial charge in [-0.25, -0.2) is 8.78 Å². The average molecular weight is 493 g/mol. The molecule has 0 aromatic heterocycles. The number of aliphatic hydroxyl groups excluding tert-OH is 1. The Kier molecular flexibility index (Phi) is 8.17. The summed E-state index contributed by atoms with van der Waals surface area (Å²) in [6, 6.07) is 17.3. The molecule has 1 aliphatic carbocycles. The van der Waals surface area contributed by atoms with Crippen molar-refractivity contribution in [3.63, 3.8) is 0 Å². The molecule has 36 heavy (non-hydrogen) atoms. The van der Waals surface area contributed by atoms with Gasteiger partial charge in [0, 0.05) is 19.5 Å². The fourth-order valence-electron chi connectivity index (χ4n) is 5.00. The first-order chi connectivity index (χ1) is 17.2. The number of nitrogens with one attached hydrogen (secondary N) is 2. The van der Waals surface area contributed by atoms with E-state index >= 15 is 0 Å². The van der Waals surface area contributed by atoms with Crippen LogP contribution in [0.25, 0.3) is 11.1 Å². The van der Waals surface area contributed by atoms with E-state index in [1.807, 2.05) is 12.1 Å². The molecular formula is C30H34F2N2O2. The van der Waals surface area contributed by atoms with Crippen molar-refractivity contribution in [2.24, 2.45) is 5.92 Å². The minimum Gasteiger partial charge on any atom is -0.390 e. The first kappa shape index (κ1) is 26.0. The molecule has 0 saturated heterocycles. The van der Waals surface area contributed by atoms with Crippen molar-refractivity contribution >= 4 is 5.91 Å². The van der Waals surface area contributed by atoms with Crippen LogP contribution in [0, 0.1) is 17.6 Å². The third-order valence-corrected chi connectivity index (χ3v) is 6.76. The van der Waals surface area contributed by atoms with Gasteiger partial charge >= 0.3 is 0 Å². The molecule has 0 aliphatic heterocycles. The lowest BCUT2D eigenvalue weighted by Gasteiger charge is -2.26. The molecule has 0 heterocycles. The minimum atomic E-state index is -0.972. The van der Waals surface area contributed by atoms with Crippen molar-refractivity contribution in [1.82, 2.24) is 10.6 Å². The van der Waals surface area contributed by atoms with E-state index in [-0.39, 0.29) is 24.9 Å². The van der Waals surface area contributed by atoms with Crippen LogP contribution in [0.1, 0.15) is 55.5 Å². The van der Waals surface area contributed by atoms with E-state index < -0.39 is 23.8 Å². The maximum Gasteiger partial charge on any atom is 0.217 e. The van der Waals surface area contributed by atoms with Gasteiger partial charge in [0.25, 0.3) is 0 Å². The van der Waals surface area contributed by atoms with Gasteiger partial charge < -0.3 is 15.7 Å². The molecule has 0 bridgehead atoms. The molecule has 6 heteroatoms. The summed E-state index contributed by atoms with van der Waals surface area (Å²) in [6.07, 6.45) is 1.25. The van der Waals surface area contributed by atoms with E-state index in [2.05, 4.69) is 54.8 Å². The smallest absolute Gasteiger partial charge is 0.217 e. The highest BCUT2D eigenvalue weighted by Crippen LogP contribution is 2.43. The van der Waals surface area contributed by atoms with E-state index in [0.717, 1.165) is 24.5 Å². The first-order valence-corrected chi connectivity index (χ1v) is 12.6. The van der Waals surface area contributed by atoms with Crippen LogP contribution in [0.2, 0.25) is 0 Å². The van der Waals surface area contributed by atoms with Crippen molar-refractivity contribution in [3.05, 3.63) is 94.6 Å². The summed E-state index contributed by atoms with van der Waals surface area (Å²) in [5.74, 6) is -1.07. The Bertz CT molecular complexity index is 1210. The van der Waals surface area contributed by atoms with Crippen LogP contribution >= 0.6 is 0 Å². The molecule has 0 radical (unpaired) electrons. The zero-order valence-electron chi connectivity index (χ0n) is 21.0. The van der Waals surface area contributed by atoms with Crippen LogP contribution in [0.15, 0.2) is 60.7 Å². The summed E-state index contributed by atoms with van der Waals surface area (Å²) in [4.78, 5) is 11.8. The standard InChI is InChI=1S/C30H34F2N2O2/c1-18(2)8-9-20-10-11-25-24-6-4-5-7-26(24)30(27(25)14-20)33-17-29(36)28(34-19(3)35)15-21-12-22(31)16-23(32)13-21/h4-7,10-14,16,18,28-30,33,36H,8-9,15,17H2,1-3H3,(H,34,35)/t28-,29-,30?/m0/s1. The average Bonchev–Trinajstić information content (AvgIpc) is 3.12. The number of carbonyl (C=O) groups excluding carboxylic acids is 1. The van der Waals surface area contributed by atoms with E-state index in [1.54, 1.807) is 0 Å². The van der Waals surface area contributed by atoms with Crippen LogP contribution < -0.4 is 10.6 Å². The number of benzene rings is 3. The van der Waals surface area contributed by atoms with E-state index in [4.69, 9.17) is 0 Å². The SMILES string of the molecule is CC(=O)N[C@@H](Cc1cc(F)cc(F)c1)[C@@H](O)CNC1c2ccccc2-c2ccc(CCC(C)C)cc21. The quantitative estimate of drug-likeness (QED) is 0.359. The van der Waals surface area contributed by atoms with Gasteiger partial charge in [0.1, 0.15) is 11.6 Å². The van der Waals surface area contributed by atoms with E-state index in [0.29, 0.717) is 11.5 Å². The summed E-state index contributed by atoms with van der Waals surface area (Å²) in [5, 5.41) is 17.3. The molecule has 190 valence electrons. The number of hydrogen-bond acceptors (Lipinski definition) is 3. The maximum absolute atomic E-state index is 13.7.